The van der Waals surface area contributed by atoms with Crippen molar-refractivity contribution >= 4 is 34.9 Å². The lowest BCUT2D eigenvalue weighted by molar-refractivity contribution is 0.352. The van der Waals surface area contributed by atoms with Gasteiger partial charge in [0.2, 0.25) is 0 Å². The summed E-state index contributed by atoms with van der Waals surface area (Å²) in [6.07, 6.45) is 0.989. The molecule has 2 nitrogen and oxygen atoms in total. The van der Waals surface area contributed by atoms with Crippen LogP contribution in [0.1, 0.15) is 27.2 Å². The molecule has 0 amide bonds. The second kappa shape index (κ2) is 4.67. The maximum atomic E-state index is 13.4. The van der Waals surface area contributed by atoms with Crippen LogP contribution < -0.4 is 0 Å². The summed E-state index contributed by atoms with van der Waals surface area (Å²) in [4.78, 5) is 3.01. The van der Waals surface area contributed by atoms with Gasteiger partial charge < -0.3 is 9.55 Å². The van der Waals surface area contributed by atoms with Crippen LogP contribution in [0.25, 0.3) is 11.0 Å². The zero-order chi connectivity index (χ0) is 13.5. The van der Waals surface area contributed by atoms with E-state index < -0.39 is 5.82 Å². The average Bonchev–Trinajstić information content (AvgIpc) is 2.51. The Morgan fingerprint density at radius 3 is 2.67 bits per heavy atom. The largest absolute Gasteiger partial charge is 0.330 e. The minimum atomic E-state index is -0.427. The van der Waals surface area contributed by atoms with E-state index in [0.29, 0.717) is 10.3 Å². The number of aromatic nitrogens is 2. The Labute approximate surface area is 116 Å². The van der Waals surface area contributed by atoms with Crippen molar-refractivity contribution in [3.8, 4) is 0 Å². The smallest absolute Gasteiger partial charge is 0.178 e. The summed E-state index contributed by atoms with van der Waals surface area (Å²) >= 11 is 11.1. The molecule has 0 radical (unpaired) electrons. The lowest BCUT2D eigenvalue weighted by atomic mass is 9.92. The van der Waals surface area contributed by atoms with Gasteiger partial charge in [-0.05, 0) is 30.1 Å². The van der Waals surface area contributed by atoms with Gasteiger partial charge in [-0.2, -0.15) is 0 Å². The molecular formula is C13H16ClFN2S. The van der Waals surface area contributed by atoms with Gasteiger partial charge in [0.25, 0.3) is 0 Å². The number of benzene rings is 1. The zero-order valence-corrected chi connectivity index (χ0v) is 12.3. The predicted octanol–water partition coefficient (Wildman–Crippen LogP) is 4.93. The van der Waals surface area contributed by atoms with E-state index in [1.54, 1.807) is 6.07 Å². The number of rotatable bonds is 2. The number of nitrogens with one attached hydrogen (secondary N) is 1. The highest BCUT2D eigenvalue weighted by Gasteiger charge is 2.13. The Bertz CT molecular complexity index is 637. The van der Waals surface area contributed by atoms with Crippen LogP contribution in [0, 0.1) is 16.0 Å². The van der Waals surface area contributed by atoms with Crippen molar-refractivity contribution in [3.05, 3.63) is 27.7 Å². The average molecular weight is 287 g/mol. The van der Waals surface area contributed by atoms with Gasteiger partial charge in [0.15, 0.2) is 4.77 Å². The number of hydrogen-bond donors (Lipinski definition) is 1. The molecule has 0 fully saturated rings. The number of nitrogens with zero attached hydrogens (tertiary/aromatic N) is 1. The van der Waals surface area contributed by atoms with Crippen LogP contribution in [-0.4, -0.2) is 9.55 Å². The first kappa shape index (κ1) is 13.6. The van der Waals surface area contributed by atoms with E-state index in [1.165, 1.54) is 6.07 Å². The molecule has 0 aliphatic heterocycles. The summed E-state index contributed by atoms with van der Waals surface area (Å²) in [7, 11) is 0. The molecule has 98 valence electrons. The third-order valence-corrected chi connectivity index (χ3v) is 3.51. The molecule has 2 rings (SSSR count). The summed E-state index contributed by atoms with van der Waals surface area (Å²) in [5.74, 6) is -0.427. The molecule has 1 N–H and O–H groups in total. The van der Waals surface area contributed by atoms with Crippen molar-refractivity contribution in [2.75, 3.05) is 0 Å². The molecule has 0 bridgehead atoms. The first-order chi connectivity index (χ1) is 8.28. The number of halogens is 2. The zero-order valence-electron chi connectivity index (χ0n) is 10.7. The fraction of sp³-hybridized carbons (Fsp3) is 0.462. The fourth-order valence-corrected chi connectivity index (χ4v) is 2.28. The second-order valence-corrected chi connectivity index (χ2v) is 6.47. The highest BCUT2D eigenvalue weighted by Crippen LogP contribution is 2.25. The standard InChI is InChI=1S/C13H16ClFN2S/c1-13(2,3)4-5-17-11-6-8(14)9(15)7-10(11)16-12(17)18/h6-7H,4-5H2,1-3H3,(H,16,18). The second-order valence-electron chi connectivity index (χ2n) is 5.68. The summed E-state index contributed by atoms with van der Waals surface area (Å²) in [6, 6.07) is 3.02. The van der Waals surface area contributed by atoms with Gasteiger partial charge in [0.1, 0.15) is 5.82 Å². The van der Waals surface area contributed by atoms with Crippen LogP contribution in [0.4, 0.5) is 4.39 Å². The number of H-pyrrole nitrogens is 1. The van der Waals surface area contributed by atoms with Crippen molar-refractivity contribution in [2.45, 2.75) is 33.7 Å². The SMILES string of the molecule is CC(C)(C)CCn1c(=S)[nH]c2cc(F)c(Cl)cc21. The van der Waals surface area contributed by atoms with Crippen LogP contribution in [0.3, 0.4) is 0 Å². The minimum absolute atomic E-state index is 0.126. The van der Waals surface area contributed by atoms with E-state index in [0.717, 1.165) is 18.5 Å². The summed E-state index contributed by atoms with van der Waals surface area (Å²) < 4.78 is 16.0. The van der Waals surface area contributed by atoms with Crippen LogP contribution in [0.5, 0.6) is 0 Å². The van der Waals surface area contributed by atoms with E-state index in [1.807, 2.05) is 4.57 Å². The molecule has 18 heavy (non-hydrogen) atoms. The maximum absolute atomic E-state index is 13.4. The number of fused-ring (bicyclic) bond motifs is 1. The fourth-order valence-electron chi connectivity index (χ4n) is 1.82. The van der Waals surface area contributed by atoms with Gasteiger partial charge in [-0.1, -0.05) is 32.4 Å². The van der Waals surface area contributed by atoms with Crippen molar-refractivity contribution in [1.29, 1.82) is 0 Å². The lowest BCUT2D eigenvalue weighted by Gasteiger charge is -2.18. The molecule has 0 spiro atoms. The molecule has 1 heterocycles. The molecule has 0 atom stereocenters. The maximum Gasteiger partial charge on any atom is 0.178 e. The number of aromatic amines is 1. The van der Waals surface area contributed by atoms with E-state index in [4.69, 9.17) is 23.8 Å². The number of aryl methyl sites for hydroxylation is 1. The first-order valence-corrected chi connectivity index (χ1v) is 6.64. The van der Waals surface area contributed by atoms with Gasteiger partial charge in [-0.25, -0.2) is 4.39 Å². The van der Waals surface area contributed by atoms with Gasteiger partial charge in [-0.15, -0.1) is 0 Å². The highest BCUT2D eigenvalue weighted by atomic mass is 35.5. The van der Waals surface area contributed by atoms with Crippen molar-refractivity contribution in [3.63, 3.8) is 0 Å². The van der Waals surface area contributed by atoms with E-state index in [9.17, 15) is 4.39 Å². The molecule has 0 saturated heterocycles. The van der Waals surface area contributed by atoms with Crippen LogP contribution in [0.15, 0.2) is 12.1 Å². The quantitative estimate of drug-likeness (QED) is 0.777. The van der Waals surface area contributed by atoms with Crippen molar-refractivity contribution in [2.24, 2.45) is 5.41 Å². The van der Waals surface area contributed by atoms with E-state index in [2.05, 4.69) is 25.8 Å². The summed E-state index contributed by atoms with van der Waals surface area (Å²) in [6.45, 7) is 7.33. The molecule has 0 unspecified atom stereocenters. The molecule has 0 aliphatic carbocycles. The summed E-state index contributed by atoms with van der Waals surface area (Å²) in [5.41, 5.74) is 1.77. The van der Waals surface area contributed by atoms with Crippen LogP contribution in [0.2, 0.25) is 5.02 Å². The van der Waals surface area contributed by atoms with Gasteiger partial charge >= 0.3 is 0 Å². The first-order valence-electron chi connectivity index (χ1n) is 5.85. The van der Waals surface area contributed by atoms with Gasteiger partial charge in [0, 0.05) is 12.6 Å². The van der Waals surface area contributed by atoms with Crippen LogP contribution in [-0.2, 0) is 6.54 Å². The molecular weight excluding hydrogens is 271 g/mol. The topological polar surface area (TPSA) is 20.7 Å². The molecule has 0 saturated carbocycles. The van der Waals surface area contributed by atoms with Gasteiger partial charge in [0.05, 0.1) is 16.1 Å². The monoisotopic (exact) mass is 286 g/mol. The van der Waals surface area contributed by atoms with E-state index in [-0.39, 0.29) is 10.4 Å². The Morgan fingerprint density at radius 1 is 1.39 bits per heavy atom. The molecule has 5 heteroatoms. The number of hydrogen-bond acceptors (Lipinski definition) is 1. The minimum Gasteiger partial charge on any atom is -0.330 e. The third-order valence-electron chi connectivity index (χ3n) is 2.90. The highest BCUT2D eigenvalue weighted by molar-refractivity contribution is 7.71. The summed E-state index contributed by atoms with van der Waals surface area (Å²) in [5, 5.41) is 0.126. The Kier molecular flexibility index (Phi) is 3.52. The van der Waals surface area contributed by atoms with Crippen molar-refractivity contribution < 1.29 is 4.39 Å². The third kappa shape index (κ3) is 2.75. The molecule has 1 aromatic carbocycles. The van der Waals surface area contributed by atoms with Crippen LogP contribution >= 0.6 is 23.8 Å². The lowest BCUT2D eigenvalue weighted by Crippen LogP contribution is -2.10. The van der Waals surface area contributed by atoms with Crippen molar-refractivity contribution in [1.82, 2.24) is 9.55 Å². The predicted molar refractivity (Wildman–Crippen MR) is 76.2 cm³/mol. The Balaban J connectivity index is 2.47. The Hall–Kier alpha value is -0.870. The number of imidazole rings is 1. The normalized spacial score (nSPS) is 12.3. The Morgan fingerprint density at radius 2 is 2.06 bits per heavy atom. The van der Waals surface area contributed by atoms with Gasteiger partial charge in [-0.3, -0.25) is 0 Å². The van der Waals surface area contributed by atoms with E-state index >= 15 is 0 Å². The molecule has 0 aliphatic rings. The molecule has 2 aromatic rings. The molecule has 1 aromatic heterocycles.